The fourth-order valence-electron chi connectivity index (χ4n) is 4.44. The number of carbonyl (C=O) groups excluding carboxylic acids is 1. The minimum Gasteiger partial charge on any atom is -0.496 e. The lowest BCUT2D eigenvalue weighted by atomic mass is 9.95. The third kappa shape index (κ3) is 5.18. The van der Waals surface area contributed by atoms with Crippen molar-refractivity contribution in [2.24, 2.45) is 0 Å². The topological polar surface area (TPSA) is 79.7 Å². The molecule has 1 aliphatic heterocycles. The number of thiocarbonyl (C=S) groups is 1. The first-order valence-electron chi connectivity index (χ1n) is 12.0. The Morgan fingerprint density at radius 2 is 1.89 bits per heavy atom. The van der Waals surface area contributed by atoms with Gasteiger partial charge in [0.1, 0.15) is 10.1 Å². The Bertz CT molecular complexity index is 1610. The number of amides is 1. The second kappa shape index (κ2) is 10.8. The summed E-state index contributed by atoms with van der Waals surface area (Å²) in [6.45, 7) is 2.47. The molecule has 1 fully saturated rings. The van der Waals surface area contributed by atoms with Crippen molar-refractivity contribution in [3.05, 3.63) is 100 Å². The van der Waals surface area contributed by atoms with Crippen LogP contribution >= 0.6 is 24.0 Å². The van der Waals surface area contributed by atoms with Crippen LogP contribution in [-0.2, 0) is 11.2 Å². The molecule has 1 aromatic heterocycles. The molecule has 0 bridgehead atoms. The summed E-state index contributed by atoms with van der Waals surface area (Å²) >= 11 is 6.80. The van der Waals surface area contributed by atoms with Crippen molar-refractivity contribution in [2.75, 3.05) is 13.7 Å². The number of benzene rings is 3. The van der Waals surface area contributed by atoms with E-state index in [4.69, 9.17) is 22.1 Å². The maximum absolute atomic E-state index is 13.2. The molecule has 8 heteroatoms. The fraction of sp³-hybridized carbons (Fsp3) is 0.133. The van der Waals surface area contributed by atoms with E-state index < -0.39 is 5.97 Å². The second-order valence-corrected chi connectivity index (χ2v) is 10.6. The number of aromatic nitrogens is 1. The number of hydrogen-bond acceptors (Lipinski definition) is 6. The Hall–Kier alpha value is -4.01. The normalized spacial score (nSPS) is 14.5. The van der Waals surface area contributed by atoms with E-state index in [0.29, 0.717) is 22.2 Å². The number of thioether (sulfide) groups is 1. The van der Waals surface area contributed by atoms with Crippen molar-refractivity contribution in [3.63, 3.8) is 0 Å². The SMILES string of the molecule is COc1ccc(C=C2SC(=S)N(CCc3ccc(C(=O)O)cc3)C2=O)cc1-c1cc2cccnc2cc1C. The monoisotopic (exact) mass is 540 g/mol. The highest BCUT2D eigenvalue weighted by Gasteiger charge is 2.31. The molecule has 0 unspecified atom stereocenters. The zero-order valence-corrected chi connectivity index (χ0v) is 22.4. The number of rotatable bonds is 7. The number of methoxy groups -OCH3 is 1. The number of aryl methyl sites for hydroxylation is 1. The number of carbonyl (C=O) groups is 2. The van der Waals surface area contributed by atoms with E-state index >= 15 is 0 Å². The third-order valence-corrected chi connectivity index (χ3v) is 7.84. The lowest BCUT2D eigenvalue weighted by Crippen LogP contribution is -2.30. The van der Waals surface area contributed by atoms with Crippen LogP contribution in [0.25, 0.3) is 28.1 Å². The zero-order valence-electron chi connectivity index (χ0n) is 20.8. The molecule has 190 valence electrons. The summed E-state index contributed by atoms with van der Waals surface area (Å²) in [5, 5.41) is 10.1. The van der Waals surface area contributed by atoms with Crippen LogP contribution in [0.3, 0.4) is 0 Å². The Balaban J connectivity index is 1.39. The Kier molecular flexibility index (Phi) is 7.26. The maximum atomic E-state index is 13.2. The standard InChI is InChI=1S/C30H24N2O4S2/c1-18-14-25-22(4-3-12-31-25)17-23(18)24-15-20(7-10-26(24)36-2)16-27-28(33)32(30(37)38-27)13-11-19-5-8-21(9-6-19)29(34)35/h3-10,12,14-17H,11,13H2,1-2H3,(H,34,35). The zero-order chi connectivity index (χ0) is 26.8. The molecule has 4 aromatic rings. The number of hydrogen-bond donors (Lipinski definition) is 1. The van der Waals surface area contributed by atoms with Crippen molar-refractivity contribution >= 4 is 57.2 Å². The number of ether oxygens (including phenoxy) is 1. The smallest absolute Gasteiger partial charge is 0.335 e. The van der Waals surface area contributed by atoms with Gasteiger partial charge in [-0.15, -0.1) is 0 Å². The lowest BCUT2D eigenvalue weighted by molar-refractivity contribution is -0.122. The van der Waals surface area contributed by atoms with Gasteiger partial charge in [-0.3, -0.25) is 14.7 Å². The van der Waals surface area contributed by atoms with Gasteiger partial charge < -0.3 is 9.84 Å². The molecule has 5 rings (SSSR count). The summed E-state index contributed by atoms with van der Waals surface area (Å²) in [6, 6.07) is 20.7. The van der Waals surface area contributed by atoms with Crippen molar-refractivity contribution in [1.82, 2.24) is 9.88 Å². The van der Waals surface area contributed by atoms with Crippen LogP contribution < -0.4 is 4.74 Å². The quantitative estimate of drug-likeness (QED) is 0.216. The minimum atomic E-state index is -0.965. The molecule has 6 nitrogen and oxygen atoms in total. The van der Waals surface area contributed by atoms with E-state index in [-0.39, 0.29) is 11.5 Å². The molecule has 1 N–H and O–H groups in total. The number of carboxylic acids is 1. The molecule has 0 spiro atoms. The summed E-state index contributed by atoms with van der Waals surface area (Å²) in [7, 11) is 1.65. The van der Waals surface area contributed by atoms with Gasteiger partial charge >= 0.3 is 5.97 Å². The van der Waals surface area contributed by atoms with Gasteiger partial charge in [0.05, 0.1) is 23.1 Å². The number of carboxylic acid groups (broad SMARTS) is 1. The van der Waals surface area contributed by atoms with Crippen LogP contribution in [0.15, 0.2) is 77.8 Å². The molecule has 1 aliphatic rings. The Morgan fingerprint density at radius 3 is 2.63 bits per heavy atom. The molecule has 0 aliphatic carbocycles. The summed E-state index contributed by atoms with van der Waals surface area (Å²) in [6.07, 6.45) is 4.22. The number of aromatic carboxylic acids is 1. The fourth-order valence-corrected chi connectivity index (χ4v) is 5.75. The molecular formula is C30H24N2O4S2. The second-order valence-electron chi connectivity index (χ2n) is 8.91. The predicted molar refractivity (Wildman–Crippen MR) is 155 cm³/mol. The van der Waals surface area contributed by atoms with Crippen molar-refractivity contribution < 1.29 is 19.4 Å². The van der Waals surface area contributed by atoms with Crippen LogP contribution in [0.4, 0.5) is 0 Å². The average molecular weight is 541 g/mol. The molecule has 3 aromatic carbocycles. The number of nitrogens with zero attached hydrogens (tertiary/aromatic N) is 2. The van der Waals surface area contributed by atoms with Gasteiger partial charge in [-0.25, -0.2) is 4.79 Å². The highest BCUT2D eigenvalue weighted by atomic mass is 32.2. The van der Waals surface area contributed by atoms with Gasteiger partial charge in [-0.1, -0.05) is 48.2 Å². The Labute approximate surface area is 230 Å². The van der Waals surface area contributed by atoms with Crippen LogP contribution in [-0.4, -0.2) is 44.8 Å². The van der Waals surface area contributed by atoms with Crippen LogP contribution in [0.5, 0.6) is 5.75 Å². The minimum absolute atomic E-state index is 0.132. The third-order valence-electron chi connectivity index (χ3n) is 6.46. The van der Waals surface area contributed by atoms with E-state index in [0.717, 1.165) is 44.5 Å². The summed E-state index contributed by atoms with van der Waals surface area (Å²) in [5.41, 5.74) is 6.03. The predicted octanol–water partition coefficient (Wildman–Crippen LogP) is 6.36. The molecule has 1 saturated heterocycles. The van der Waals surface area contributed by atoms with E-state index in [1.54, 1.807) is 42.5 Å². The molecule has 0 saturated carbocycles. The summed E-state index contributed by atoms with van der Waals surface area (Å²) in [4.78, 5) is 30.9. The summed E-state index contributed by atoms with van der Waals surface area (Å²) < 4.78 is 6.18. The van der Waals surface area contributed by atoms with Crippen LogP contribution in [0, 0.1) is 6.92 Å². The maximum Gasteiger partial charge on any atom is 0.335 e. The molecule has 2 heterocycles. The summed E-state index contributed by atoms with van der Waals surface area (Å²) in [5.74, 6) is -0.351. The lowest BCUT2D eigenvalue weighted by Gasteiger charge is -2.14. The molecule has 1 amide bonds. The highest BCUT2D eigenvalue weighted by molar-refractivity contribution is 8.26. The van der Waals surface area contributed by atoms with E-state index in [9.17, 15) is 9.59 Å². The molecule has 0 radical (unpaired) electrons. The van der Waals surface area contributed by atoms with Gasteiger partial charge in [-0.05, 0) is 84.1 Å². The highest BCUT2D eigenvalue weighted by Crippen LogP contribution is 2.37. The van der Waals surface area contributed by atoms with Gasteiger partial charge in [0, 0.05) is 23.7 Å². The van der Waals surface area contributed by atoms with Crippen molar-refractivity contribution in [2.45, 2.75) is 13.3 Å². The van der Waals surface area contributed by atoms with Crippen LogP contribution in [0.1, 0.15) is 27.0 Å². The molecular weight excluding hydrogens is 516 g/mol. The van der Waals surface area contributed by atoms with Crippen LogP contribution in [0.2, 0.25) is 0 Å². The molecule has 38 heavy (non-hydrogen) atoms. The average Bonchev–Trinajstić information content (AvgIpc) is 3.18. The van der Waals surface area contributed by atoms with E-state index in [2.05, 4.69) is 24.0 Å². The van der Waals surface area contributed by atoms with E-state index in [1.807, 2.05) is 36.4 Å². The van der Waals surface area contributed by atoms with Gasteiger partial charge in [0.25, 0.3) is 5.91 Å². The first kappa shape index (κ1) is 25.6. The number of pyridine rings is 1. The van der Waals surface area contributed by atoms with Gasteiger partial charge in [0.2, 0.25) is 0 Å². The van der Waals surface area contributed by atoms with Crippen molar-refractivity contribution in [1.29, 1.82) is 0 Å². The van der Waals surface area contributed by atoms with Crippen molar-refractivity contribution in [3.8, 4) is 16.9 Å². The van der Waals surface area contributed by atoms with Gasteiger partial charge in [-0.2, -0.15) is 0 Å². The first-order valence-corrected chi connectivity index (χ1v) is 13.2. The molecule has 0 atom stereocenters. The van der Waals surface area contributed by atoms with E-state index in [1.165, 1.54) is 11.8 Å². The van der Waals surface area contributed by atoms with Gasteiger partial charge in [0.15, 0.2) is 0 Å². The largest absolute Gasteiger partial charge is 0.496 e. The Morgan fingerprint density at radius 1 is 1.11 bits per heavy atom. The number of fused-ring (bicyclic) bond motifs is 1. The first-order chi connectivity index (χ1) is 18.3.